The summed E-state index contributed by atoms with van der Waals surface area (Å²) in [5.41, 5.74) is 8.16. The topological polar surface area (TPSA) is 171 Å². The van der Waals surface area contributed by atoms with Gasteiger partial charge in [-0.1, -0.05) is 71.8 Å². The molecule has 0 saturated heterocycles. The predicted molar refractivity (Wildman–Crippen MR) is 319 cm³/mol. The fourth-order valence-electron chi connectivity index (χ4n) is 9.47. The van der Waals surface area contributed by atoms with Crippen LogP contribution in [0.3, 0.4) is 0 Å². The number of aryl methyl sites for hydroxylation is 2. The number of nitrogens with zero attached hydrogens (tertiary/aromatic N) is 1. The molecule has 0 aliphatic rings. The van der Waals surface area contributed by atoms with Crippen molar-refractivity contribution in [2.24, 2.45) is 0 Å². The van der Waals surface area contributed by atoms with Crippen LogP contribution in [0, 0.1) is 13.8 Å². The van der Waals surface area contributed by atoms with Crippen molar-refractivity contribution in [2.45, 2.75) is 73.3 Å². The number of methoxy groups -OCH3 is 2. The SMILES string of the molecule is COc1ccc(C(=O)Nc2cc3ccc(OCCCN(C)c4ccccc4)c(C)c3oc2=O)cc1CC=C(C)Cc1cc(C(=O)Nc2cc3ccc(OCCCNCc4ccccc4)c(C)c3oc2=O)cc(CC=C(C)C)c1OC. The number of fused-ring (bicyclic) bond motifs is 2. The summed E-state index contributed by atoms with van der Waals surface area (Å²) in [6, 6.07) is 39.6. The van der Waals surface area contributed by atoms with E-state index in [1.165, 1.54) is 5.56 Å². The Kier molecular flexibility index (Phi) is 19.4. The lowest BCUT2D eigenvalue weighted by atomic mass is 9.95. The van der Waals surface area contributed by atoms with Gasteiger partial charge in [0.2, 0.25) is 0 Å². The zero-order valence-electron chi connectivity index (χ0n) is 46.9. The van der Waals surface area contributed by atoms with Gasteiger partial charge < -0.3 is 48.6 Å². The van der Waals surface area contributed by atoms with Crippen molar-refractivity contribution >= 4 is 50.8 Å². The number of hydrogen-bond donors (Lipinski definition) is 3. The van der Waals surface area contributed by atoms with Crippen LogP contribution in [0.5, 0.6) is 23.0 Å². The number of hydrogen-bond acceptors (Lipinski definition) is 12. The van der Waals surface area contributed by atoms with E-state index in [1.54, 1.807) is 56.7 Å². The Hall–Kier alpha value is -8.88. The molecule has 0 saturated carbocycles. The average Bonchev–Trinajstić information content (AvgIpc) is 3.47. The number of allylic oxidation sites excluding steroid dienone is 4. The van der Waals surface area contributed by atoms with Crippen LogP contribution in [0.4, 0.5) is 17.1 Å². The maximum absolute atomic E-state index is 14.1. The molecule has 8 aromatic rings. The molecule has 14 heteroatoms. The number of anilines is 3. The van der Waals surface area contributed by atoms with Crippen molar-refractivity contribution in [2.75, 3.05) is 63.1 Å². The minimum Gasteiger partial charge on any atom is -0.496 e. The minimum absolute atomic E-state index is 0.00630. The molecule has 2 amide bonds. The van der Waals surface area contributed by atoms with E-state index in [-0.39, 0.29) is 11.4 Å². The molecule has 0 spiro atoms. The van der Waals surface area contributed by atoms with E-state index in [2.05, 4.69) is 51.2 Å². The molecular weight excluding hydrogens is 1010 g/mol. The molecule has 0 unspecified atom stereocenters. The summed E-state index contributed by atoms with van der Waals surface area (Å²) in [6.45, 7) is 13.0. The fraction of sp³-hybridized carbons (Fsp3) is 0.273. The number of rotatable bonds is 25. The second-order valence-electron chi connectivity index (χ2n) is 20.1. The number of para-hydroxylation sites is 1. The van der Waals surface area contributed by atoms with Crippen molar-refractivity contribution < 1.29 is 37.4 Å². The van der Waals surface area contributed by atoms with Gasteiger partial charge in [0.15, 0.2) is 0 Å². The molecule has 6 aromatic carbocycles. The van der Waals surface area contributed by atoms with E-state index < -0.39 is 23.1 Å². The summed E-state index contributed by atoms with van der Waals surface area (Å²) >= 11 is 0. The van der Waals surface area contributed by atoms with E-state index in [1.807, 2.05) is 108 Å². The predicted octanol–water partition coefficient (Wildman–Crippen LogP) is 12.7. The molecule has 2 heterocycles. The van der Waals surface area contributed by atoms with E-state index in [0.717, 1.165) is 66.0 Å². The fourth-order valence-corrected chi connectivity index (χ4v) is 9.47. The van der Waals surface area contributed by atoms with E-state index >= 15 is 0 Å². The molecular formula is C66H70N4O10. The van der Waals surface area contributed by atoms with Crippen LogP contribution in [-0.4, -0.2) is 59.4 Å². The first-order valence-electron chi connectivity index (χ1n) is 26.9. The molecule has 14 nitrogen and oxygen atoms in total. The number of carbonyl (C=O) groups is 2. The minimum atomic E-state index is -0.687. The number of ether oxygens (including phenoxy) is 4. The molecule has 0 aliphatic heterocycles. The maximum atomic E-state index is 14.1. The number of carbonyl (C=O) groups excluding carboxylic acids is 2. The van der Waals surface area contributed by atoms with Crippen LogP contribution in [-0.2, 0) is 25.8 Å². The molecule has 0 bridgehead atoms. The highest BCUT2D eigenvalue weighted by atomic mass is 16.5. The molecule has 2 aromatic heterocycles. The monoisotopic (exact) mass is 1080 g/mol. The Morgan fingerprint density at radius 3 is 1.75 bits per heavy atom. The smallest absolute Gasteiger partial charge is 0.360 e. The summed E-state index contributed by atoms with van der Waals surface area (Å²) in [7, 11) is 5.22. The van der Waals surface area contributed by atoms with Crippen LogP contribution < -0.4 is 51.0 Å². The Bertz CT molecular complexity index is 3670. The van der Waals surface area contributed by atoms with Gasteiger partial charge >= 0.3 is 11.3 Å². The first-order valence-corrected chi connectivity index (χ1v) is 26.9. The lowest BCUT2D eigenvalue weighted by Crippen LogP contribution is -2.20. The van der Waals surface area contributed by atoms with Crippen LogP contribution in [0.2, 0.25) is 0 Å². The number of benzene rings is 6. The maximum Gasteiger partial charge on any atom is 0.360 e. The summed E-state index contributed by atoms with van der Waals surface area (Å²) in [4.78, 5) is 56.9. The molecule has 0 aliphatic carbocycles. The third-order valence-electron chi connectivity index (χ3n) is 13.8. The van der Waals surface area contributed by atoms with E-state index in [4.69, 9.17) is 27.8 Å². The van der Waals surface area contributed by atoms with E-state index in [9.17, 15) is 19.2 Å². The quantitative estimate of drug-likeness (QED) is 0.0282. The van der Waals surface area contributed by atoms with Crippen LogP contribution in [0.15, 0.2) is 169 Å². The molecule has 8 rings (SSSR count). The van der Waals surface area contributed by atoms with Crippen molar-refractivity contribution in [3.05, 3.63) is 216 Å². The van der Waals surface area contributed by atoms with Gasteiger partial charge in [-0.05, 0) is 174 Å². The zero-order chi connectivity index (χ0) is 56.7. The normalized spacial score (nSPS) is 11.3. The highest BCUT2D eigenvalue weighted by Crippen LogP contribution is 2.33. The van der Waals surface area contributed by atoms with Gasteiger partial charge in [0.05, 0.1) is 27.4 Å². The van der Waals surface area contributed by atoms with Gasteiger partial charge in [0.25, 0.3) is 11.8 Å². The standard InChI is InChI=1S/C66H70N4O10/c1-42(2)21-23-48-37-53(64(72)69-56-40-50-25-28-57(44(4)60(50)80-66(56)74)77-33-15-31-67-41-46-17-11-9-12-18-46)38-52(62(48)76-8)35-43(3)22-24-47-36-51(27-30-59(47)75-7)63(71)68-55-39-49-26-29-58(45(5)61(49)79-65(55)73)78-34-16-32-70(6)54-19-13-10-14-20-54/h9-14,17-22,25-30,36-40,67H,15-16,23-24,31-35,41H2,1-8H3,(H,68,71)(H,69,72). The summed E-state index contributed by atoms with van der Waals surface area (Å²) in [6.07, 6.45) is 6.99. The Morgan fingerprint density at radius 1 is 0.600 bits per heavy atom. The van der Waals surface area contributed by atoms with E-state index in [0.29, 0.717) is 99.7 Å². The summed E-state index contributed by atoms with van der Waals surface area (Å²) < 4.78 is 35.5. The Balaban J connectivity index is 0.927. The molecule has 3 N–H and O–H groups in total. The molecule has 80 heavy (non-hydrogen) atoms. The molecule has 0 atom stereocenters. The number of nitrogens with one attached hydrogen (secondary N) is 3. The van der Waals surface area contributed by atoms with Crippen molar-refractivity contribution in [1.29, 1.82) is 0 Å². The van der Waals surface area contributed by atoms with Crippen molar-refractivity contribution in [3.8, 4) is 23.0 Å². The Labute approximate surface area is 467 Å². The summed E-state index contributed by atoms with van der Waals surface area (Å²) in [5, 5.41) is 10.3. The van der Waals surface area contributed by atoms with Crippen LogP contribution in [0.1, 0.15) is 87.7 Å². The van der Waals surface area contributed by atoms with Gasteiger partial charge in [0, 0.05) is 58.9 Å². The second kappa shape index (κ2) is 27.1. The molecule has 414 valence electrons. The van der Waals surface area contributed by atoms with Gasteiger partial charge in [-0.3, -0.25) is 9.59 Å². The third kappa shape index (κ3) is 14.6. The van der Waals surface area contributed by atoms with Gasteiger partial charge in [0.1, 0.15) is 45.5 Å². The number of amides is 2. The first kappa shape index (κ1) is 57.3. The van der Waals surface area contributed by atoms with Crippen LogP contribution >= 0.6 is 0 Å². The van der Waals surface area contributed by atoms with Gasteiger partial charge in [-0.15, -0.1) is 0 Å². The third-order valence-corrected chi connectivity index (χ3v) is 13.8. The largest absolute Gasteiger partial charge is 0.496 e. The lowest BCUT2D eigenvalue weighted by molar-refractivity contribution is 0.101. The average molecular weight is 1080 g/mol. The van der Waals surface area contributed by atoms with Crippen LogP contribution in [0.25, 0.3) is 21.9 Å². The molecule has 0 fully saturated rings. The highest BCUT2D eigenvalue weighted by Gasteiger charge is 2.20. The highest BCUT2D eigenvalue weighted by molar-refractivity contribution is 6.06. The lowest BCUT2D eigenvalue weighted by Gasteiger charge is -2.19. The first-order chi connectivity index (χ1) is 38.7. The van der Waals surface area contributed by atoms with Crippen molar-refractivity contribution in [3.63, 3.8) is 0 Å². The van der Waals surface area contributed by atoms with Gasteiger partial charge in [-0.25, -0.2) is 9.59 Å². The zero-order valence-corrected chi connectivity index (χ0v) is 46.9. The van der Waals surface area contributed by atoms with Gasteiger partial charge in [-0.2, -0.15) is 0 Å². The van der Waals surface area contributed by atoms with Crippen molar-refractivity contribution in [1.82, 2.24) is 5.32 Å². The summed E-state index contributed by atoms with van der Waals surface area (Å²) in [5.74, 6) is 1.49. The Morgan fingerprint density at radius 2 is 1.15 bits per heavy atom. The second-order valence-corrected chi connectivity index (χ2v) is 20.1. The molecule has 0 radical (unpaired) electrons.